The van der Waals surface area contributed by atoms with E-state index in [4.69, 9.17) is 4.74 Å². The molecule has 1 aromatic carbocycles. The van der Waals surface area contributed by atoms with Crippen molar-refractivity contribution in [3.63, 3.8) is 0 Å². The number of nitrogens with one attached hydrogen (secondary N) is 1. The van der Waals surface area contributed by atoms with E-state index in [2.05, 4.69) is 5.32 Å². The van der Waals surface area contributed by atoms with Crippen LogP contribution in [0.25, 0.3) is 6.08 Å². The van der Waals surface area contributed by atoms with Crippen molar-refractivity contribution in [2.75, 3.05) is 13.6 Å². The molecule has 0 aromatic heterocycles. The van der Waals surface area contributed by atoms with Crippen LogP contribution in [0.3, 0.4) is 0 Å². The molecule has 78 valence electrons. The molecule has 1 aliphatic rings. The zero-order chi connectivity index (χ0) is 10.7. The molecule has 0 saturated carbocycles. The highest BCUT2D eigenvalue weighted by atomic mass is 16.5. The Morgan fingerprint density at radius 1 is 1.53 bits per heavy atom. The average Bonchev–Trinajstić information content (AvgIpc) is 2.61. The lowest BCUT2D eigenvalue weighted by Gasteiger charge is -1.96. The van der Waals surface area contributed by atoms with Crippen LogP contribution < -0.4 is 5.32 Å². The molecule has 0 spiro atoms. The molecule has 0 unspecified atom stereocenters. The predicted octanol–water partition coefficient (Wildman–Crippen LogP) is 1.59. The van der Waals surface area contributed by atoms with Crippen LogP contribution in [0.15, 0.2) is 24.3 Å². The summed E-state index contributed by atoms with van der Waals surface area (Å²) in [5.74, 6) is -0.214. The predicted molar refractivity (Wildman–Crippen MR) is 58.5 cm³/mol. The number of likely N-dealkylation sites (N-methyl/N-ethyl adjacent to an activating group) is 1. The first-order chi connectivity index (χ1) is 7.31. The van der Waals surface area contributed by atoms with Crippen molar-refractivity contribution in [1.82, 2.24) is 5.32 Å². The summed E-state index contributed by atoms with van der Waals surface area (Å²) < 4.78 is 4.93. The third-order valence-corrected chi connectivity index (χ3v) is 2.34. The summed E-state index contributed by atoms with van der Waals surface area (Å²) in [6.07, 6.45) is 4.00. The number of rotatable bonds is 3. The summed E-state index contributed by atoms with van der Waals surface area (Å²) in [5, 5.41) is 3.02. The molecular weight excluding hydrogens is 190 g/mol. The number of cyclic esters (lactones) is 1. The van der Waals surface area contributed by atoms with Gasteiger partial charge in [-0.1, -0.05) is 24.3 Å². The van der Waals surface area contributed by atoms with E-state index in [9.17, 15) is 4.79 Å². The Kier molecular flexibility index (Phi) is 2.83. The maximum atomic E-state index is 11.3. The van der Waals surface area contributed by atoms with Crippen molar-refractivity contribution >= 4 is 12.0 Å². The van der Waals surface area contributed by atoms with Crippen LogP contribution in [0.1, 0.15) is 21.5 Å². The van der Waals surface area contributed by atoms with Crippen LogP contribution >= 0.6 is 0 Å². The molecular formula is C12H13NO2. The smallest absolute Gasteiger partial charge is 0.338 e. The molecule has 15 heavy (non-hydrogen) atoms. The molecule has 2 rings (SSSR count). The molecule has 0 saturated heterocycles. The Morgan fingerprint density at radius 2 is 2.40 bits per heavy atom. The zero-order valence-corrected chi connectivity index (χ0v) is 8.62. The summed E-state index contributed by atoms with van der Waals surface area (Å²) in [7, 11) is 1.89. The molecule has 0 amide bonds. The van der Waals surface area contributed by atoms with E-state index in [1.165, 1.54) is 0 Å². The first-order valence-electron chi connectivity index (χ1n) is 4.92. The minimum absolute atomic E-state index is 0.214. The number of fused-ring (bicyclic) bond motifs is 1. The van der Waals surface area contributed by atoms with Crippen molar-refractivity contribution < 1.29 is 9.53 Å². The van der Waals surface area contributed by atoms with Gasteiger partial charge in [0.15, 0.2) is 0 Å². The second-order valence-electron chi connectivity index (χ2n) is 3.45. The van der Waals surface area contributed by atoms with Crippen molar-refractivity contribution in [2.24, 2.45) is 0 Å². The van der Waals surface area contributed by atoms with Crippen LogP contribution in [0.2, 0.25) is 0 Å². The van der Waals surface area contributed by atoms with Crippen LogP contribution in [0.4, 0.5) is 0 Å². The number of carbonyl (C=O) groups excluding carboxylic acids is 1. The fraction of sp³-hybridized carbons (Fsp3) is 0.250. The summed E-state index contributed by atoms with van der Waals surface area (Å²) in [5.41, 5.74) is 2.70. The second-order valence-corrected chi connectivity index (χ2v) is 3.45. The Morgan fingerprint density at radius 3 is 3.20 bits per heavy atom. The summed E-state index contributed by atoms with van der Waals surface area (Å²) >= 11 is 0. The van der Waals surface area contributed by atoms with Gasteiger partial charge in [-0.25, -0.2) is 4.79 Å². The monoisotopic (exact) mass is 203 g/mol. The molecule has 1 N–H and O–H groups in total. The third kappa shape index (κ3) is 2.07. The Labute approximate surface area is 88.8 Å². The Hall–Kier alpha value is -1.61. The van der Waals surface area contributed by atoms with Gasteiger partial charge >= 0.3 is 5.97 Å². The molecule has 1 aromatic rings. The number of hydrogen-bond donors (Lipinski definition) is 1. The highest BCUT2D eigenvalue weighted by Crippen LogP contribution is 2.21. The molecule has 1 aliphatic heterocycles. The molecule has 0 radical (unpaired) electrons. The van der Waals surface area contributed by atoms with E-state index in [0.717, 1.165) is 17.7 Å². The van der Waals surface area contributed by atoms with E-state index in [1.54, 1.807) is 0 Å². The average molecular weight is 203 g/mol. The number of benzene rings is 1. The lowest BCUT2D eigenvalue weighted by molar-refractivity contribution is 0.0535. The standard InChI is InChI=1S/C12H13NO2/c1-13-6-2-3-9-4-5-10-8-15-12(14)11(10)7-9/h2-5,7,13H,6,8H2,1H3. The van der Waals surface area contributed by atoms with E-state index < -0.39 is 0 Å². The van der Waals surface area contributed by atoms with Gasteiger partial charge in [-0.15, -0.1) is 0 Å². The van der Waals surface area contributed by atoms with Crippen LogP contribution in [-0.2, 0) is 11.3 Å². The Balaban J connectivity index is 2.22. The van der Waals surface area contributed by atoms with E-state index >= 15 is 0 Å². The van der Waals surface area contributed by atoms with Crippen LogP contribution in [-0.4, -0.2) is 19.6 Å². The zero-order valence-electron chi connectivity index (χ0n) is 8.62. The molecule has 0 bridgehead atoms. The highest BCUT2D eigenvalue weighted by Gasteiger charge is 2.20. The molecule has 3 nitrogen and oxygen atoms in total. The minimum atomic E-state index is -0.214. The topological polar surface area (TPSA) is 38.3 Å². The molecule has 0 atom stereocenters. The van der Waals surface area contributed by atoms with E-state index in [-0.39, 0.29) is 5.97 Å². The first kappa shape index (κ1) is 9.93. The van der Waals surface area contributed by atoms with Crippen LogP contribution in [0.5, 0.6) is 0 Å². The second kappa shape index (κ2) is 4.28. The molecule has 0 fully saturated rings. The van der Waals surface area contributed by atoms with Gasteiger partial charge in [0, 0.05) is 12.1 Å². The fourth-order valence-electron chi connectivity index (χ4n) is 1.55. The van der Waals surface area contributed by atoms with Crippen molar-refractivity contribution in [2.45, 2.75) is 6.61 Å². The van der Waals surface area contributed by atoms with Crippen LogP contribution in [0, 0.1) is 0 Å². The molecule has 1 heterocycles. The van der Waals surface area contributed by atoms with Crippen molar-refractivity contribution in [3.05, 3.63) is 41.0 Å². The van der Waals surface area contributed by atoms with Gasteiger partial charge in [0.25, 0.3) is 0 Å². The SMILES string of the molecule is CNCC=Cc1ccc2c(c1)C(=O)OC2. The summed E-state index contributed by atoms with van der Waals surface area (Å²) in [4.78, 5) is 11.3. The Bertz CT molecular complexity index is 410. The fourth-order valence-corrected chi connectivity index (χ4v) is 1.55. The molecule has 3 heteroatoms. The highest BCUT2D eigenvalue weighted by molar-refractivity contribution is 5.94. The first-order valence-corrected chi connectivity index (χ1v) is 4.92. The maximum absolute atomic E-state index is 11.3. The van der Waals surface area contributed by atoms with E-state index in [1.807, 2.05) is 37.4 Å². The van der Waals surface area contributed by atoms with Gasteiger partial charge in [0.2, 0.25) is 0 Å². The lowest BCUT2D eigenvalue weighted by atomic mass is 10.1. The van der Waals surface area contributed by atoms with Gasteiger partial charge in [-0.05, 0) is 18.7 Å². The van der Waals surface area contributed by atoms with Crippen molar-refractivity contribution in [1.29, 1.82) is 0 Å². The maximum Gasteiger partial charge on any atom is 0.338 e. The van der Waals surface area contributed by atoms with Gasteiger partial charge in [-0.2, -0.15) is 0 Å². The lowest BCUT2D eigenvalue weighted by Crippen LogP contribution is -2.03. The van der Waals surface area contributed by atoms with Gasteiger partial charge in [0.05, 0.1) is 5.56 Å². The van der Waals surface area contributed by atoms with Crippen molar-refractivity contribution in [3.8, 4) is 0 Å². The van der Waals surface area contributed by atoms with E-state index in [0.29, 0.717) is 12.2 Å². The number of carbonyl (C=O) groups is 1. The minimum Gasteiger partial charge on any atom is -0.457 e. The van der Waals surface area contributed by atoms with Gasteiger partial charge < -0.3 is 10.1 Å². The van der Waals surface area contributed by atoms with Gasteiger partial charge in [-0.3, -0.25) is 0 Å². The normalized spacial score (nSPS) is 14.3. The number of hydrogen-bond acceptors (Lipinski definition) is 3. The number of esters is 1. The quantitative estimate of drug-likeness (QED) is 0.758. The summed E-state index contributed by atoms with van der Waals surface area (Å²) in [6.45, 7) is 1.23. The number of ether oxygens (including phenoxy) is 1. The third-order valence-electron chi connectivity index (χ3n) is 2.34. The summed E-state index contributed by atoms with van der Waals surface area (Å²) in [6, 6.07) is 5.81. The molecule has 0 aliphatic carbocycles. The largest absolute Gasteiger partial charge is 0.457 e. The van der Waals surface area contributed by atoms with Gasteiger partial charge in [0.1, 0.15) is 6.61 Å².